The Morgan fingerprint density at radius 1 is 1.50 bits per heavy atom. The highest BCUT2D eigenvalue weighted by Crippen LogP contribution is 2.42. The number of amides is 1. The molecule has 3 rings (SSSR count). The Kier molecular flexibility index (Phi) is 3.32. The van der Waals surface area contributed by atoms with Crippen molar-refractivity contribution in [2.24, 2.45) is 11.7 Å². The largest absolute Gasteiger partial charge is 0.368 e. The predicted molar refractivity (Wildman–Crippen MR) is 77.1 cm³/mol. The normalized spacial score (nSPS) is 21.9. The molecule has 110 valence electrons. The standard InChI is InChI=1S/C15H24N4O/c1-10(2)13-17-7-8-19(13)9-15(14(16)20,11-3-4-11)18-12-5-6-12/h7-8,10-12,18H,3-6,9H2,1-2H3,(H2,16,20). The van der Waals surface area contributed by atoms with Crippen LogP contribution in [-0.2, 0) is 11.3 Å². The van der Waals surface area contributed by atoms with Crippen LogP contribution < -0.4 is 11.1 Å². The number of carbonyl (C=O) groups excluding carboxylic acids is 1. The lowest BCUT2D eigenvalue weighted by molar-refractivity contribution is -0.126. The number of hydrogen-bond donors (Lipinski definition) is 2. The third-order valence-electron chi connectivity index (χ3n) is 4.44. The van der Waals surface area contributed by atoms with Gasteiger partial charge in [-0.3, -0.25) is 10.1 Å². The van der Waals surface area contributed by atoms with Crippen LogP contribution in [0, 0.1) is 5.92 Å². The first-order chi connectivity index (χ1) is 9.53. The smallest absolute Gasteiger partial charge is 0.239 e. The van der Waals surface area contributed by atoms with Crippen LogP contribution in [0.15, 0.2) is 12.4 Å². The van der Waals surface area contributed by atoms with Gasteiger partial charge in [0.15, 0.2) is 0 Å². The Morgan fingerprint density at radius 2 is 2.20 bits per heavy atom. The van der Waals surface area contributed by atoms with Gasteiger partial charge in [-0.25, -0.2) is 4.98 Å². The van der Waals surface area contributed by atoms with Crippen molar-refractivity contribution in [2.75, 3.05) is 0 Å². The number of aromatic nitrogens is 2. The molecule has 1 aromatic heterocycles. The topological polar surface area (TPSA) is 72.9 Å². The molecule has 0 aromatic carbocycles. The van der Waals surface area contributed by atoms with E-state index in [2.05, 4.69) is 28.7 Å². The van der Waals surface area contributed by atoms with Gasteiger partial charge in [-0.1, -0.05) is 13.8 Å². The lowest BCUT2D eigenvalue weighted by atomic mass is 9.91. The first kappa shape index (κ1) is 13.6. The zero-order valence-electron chi connectivity index (χ0n) is 12.3. The van der Waals surface area contributed by atoms with E-state index < -0.39 is 5.54 Å². The van der Waals surface area contributed by atoms with Gasteiger partial charge in [0.25, 0.3) is 0 Å². The number of carbonyl (C=O) groups is 1. The Bertz CT molecular complexity index is 502. The summed E-state index contributed by atoms with van der Waals surface area (Å²) in [6.45, 7) is 4.85. The first-order valence-corrected chi connectivity index (χ1v) is 7.61. The lowest BCUT2D eigenvalue weighted by Crippen LogP contribution is -2.60. The number of nitrogens with zero attached hydrogens (tertiary/aromatic N) is 2. The average molecular weight is 276 g/mol. The summed E-state index contributed by atoms with van der Waals surface area (Å²) in [6.07, 6.45) is 8.27. The number of rotatable bonds is 7. The first-order valence-electron chi connectivity index (χ1n) is 7.61. The quantitative estimate of drug-likeness (QED) is 0.790. The maximum Gasteiger partial charge on any atom is 0.239 e. The summed E-state index contributed by atoms with van der Waals surface area (Å²) >= 11 is 0. The van der Waals surface area contributed by atoms with Crippen molar-refractivity contribution < 1.29 is 4.79 Å². The van der Waals surface area contributed by atoms with E-state index in [0.29, 0.717) is 24.4 Å². The van der Waals surface area contributed by atoms with Crippen molar-refractivity contribution in [1.29, 1.82) is 0 Å². The van der Waals surface area contributed by atoms with E-state index in [1.807, 2.05) is 12.4 Å². The monoisotopic (exact) mass is 276 g/mol. The van der Waals surface area contributed by atoms with Crippen molar-refractivity contribution in [3.8, 4) is 0 Å². The molecule has 0 radical (unpaired) electrons. The summed E-state index contributed by atoms with van der Waals surface area (Å²) < 4.78 is 2.10. The van der Waals surface area contributed by atoms with Crippen LogP contribution >= 0.6 is 0 Å². The van der Waals surface area contributed by atoms with Gasteiger partial charge in [0.05, 0.1) is 6.54 Å². The minimum Gasteiger partial charge on any atom is -0.368 e. The fourth-order valence-electron chi connectivity index (χ4n) is 3.03. The van der Waals surface area contributed by atoms with Gasteiger partial charge in [-0.2, -0.15) is 0 Å². The molecule has 2 aliphatic carbocycles. The molecule has 2 saturated carbocycles. The van der Waals surface area contributed by atoms with Gasteiger partial charge in [-0.05, 0) is 31.6 Å². The minimum absolute atomic E-state index is 0.213. The molecule has 5 heteroatoms. The molecule has 1 atom stereocenters. The van der Waals surface area contributed by atoms with Gasteiger partial charge in [-0.15, -0.1) is 0 Å². The Balaban J connectivity index is 1.88. The highest BCUT2D eigenvalue weighted by Gasteiger charge is 2.52. The molecule has 2 fully saturated rings. The van der Waals surface area contributed by atoms with Gasteiger partial charge in [0.2, 0.25) is 5.91 Å². The summed E-state index contributed by atoms with van der Waals surface area (Å²) in [5, 5.41) is 3.55. The molecule has 1 unspecified atom stereocenters. The van der Waals surface area contributed by atoms with Gasteiger partial charge in [0, 0.05) is 24.4 Å². The second-order valence-electron chi connectivity index (χ2n) is 6.60. The van der Waals surface area contributed by atoms with Gasteiger partial charge < -0.3 is 10.3 Å². The Labute approximate surface area is 119 Å². The second-order valence-corrected chi connectivity index (χ2v) is 6.60. The molecule has 1 amide bonds. The van der Waals surface area contributed by atoms with Crippen LogP contribution in [0.5, 0.6) is 0 Å². The SMILES string of the molecule is CC(C)c1nccn1CC(NC1CC1)(C(N)=O)C1CC1. The van der Waals surface area contributed by atoms with Crippen LogP contribution in [0.2, 0.25) is 0 Å². The van der Waals surface area contributed by atoms with Crippen LogP contribution in [-0.4, -0.2) is 27.0 Å². The van der Waals surface area contributed by atoms with E-state index in [0.717, 1.165) is 31.5 Å². The Hall–Kier alpha value is -1.36. The third kappa shape index (κ3) is 2.46. The molecule has 5 nitrogen and oxygen atoms in total. The molecule has 1 aromatic rings. The van der Waals surface area contributed by atoms with E-state index in [4.69, 9.17) is 5.73 Å². The van der Waals surface area contributed by atoms with Gasteiger partial charge in [0.1, 0.15) is 11.4 Å². The molecular weight excluding hydrogens is 252 g/mol. The minimum atomic E-state index is -0.592. The van der Waals surface area contributed by atoms with E-state index in [-0.39, 0.29) is 5.91 Å². The number of imidazole rings is 1. The second kappa shape index (κ2) is 4.88. The Morgan fingerprint density at radius 3 is 2.70 bits per heavy atom. The number of hydrogen-bond acceptors (Lipinski definition) is 3. The fourth-order valence-corrected chi connectivity index (χ4v) is 3.03. The zero-order chi connectivity index (χ0) is 14.3. The summed E-state index contributed by atoms with van der Waals surface area (Å²) in [5.41, 5.74) is 5.20. The predicted octanol–water partition coefficient (Wildman–Crippen LogP) is 1.39. The molecule has 0 spiro atoms. The van der Waals surface area contributed by atoms with Crippen LogP contribution in [0.25, 0.3) is 0 Å². The van der Waals surface area contributed by atoms with Crippen molar-refractivity contribution in [1.82, 2.24) is 14.9 Å². The van der Waals surface area contributed by atoms with Crippen molar-refractivity contribution >= 4 is 5.91 Å². The number of nitrogens with one attached hydrogen (secondary N) is 1. The van der Waals surface area contributed by atoms with Crippen molar-refractivity contribution in [3.05, 3.63) is 18.2 Å². The van der Waals surface area contributed by atoms with Crippen LogP contribution in [0.1, 0.15) is 51.3 Å². The van der Waals surface area contributed by atoms with Crippen LogP contribution in [0.4, 0.5) is 0 Å². The molecule has 0 bridgehead atoms. The van der Waals surface area contributed by atoms with Crippen molar-refractivity contribution in [2.45, 2.75) is 63.6 Å². The lowest BCUT2D eigenvalue weighted by Gasteiger charge is -2.33. The number of nitrogens with two attached hydrogens (primary N) is 1. The molecule has 2 aliphatic rings. The van der Waals surface area contributed by atoms with E-state index >= 15 is 0 Å². The average Bonchev–Trinajstić information content (AvgIpc) is 3.28. The summed E-state index contributed by atoms with van der Waals surface area (Å²) in [5.74, 6) is 1.53. The van der Waals surface area contributed by atoms with Crippen LogP contribution in [0.3, 0.4) is 0 Å². The van der Waals surface area contributed by atoms with E-state index in [1.54, 1.807) is 0 Å². The third-order valence-corrected chi connectivity index (χ3v) is 4.44. The molecule has 0 saturated heterocycles. The molecule has 3 N–H and O–H groups in total. The van der Waals surface area contributed by atoms with Gasteiger partial charge >= 0.3 is 0 Å². The summed E-state index contributed by atoms with van der Waals surface area (Å²) in [6, 6.07) is 0.467. The van der Waals surface area contributed by atoms with E-state index in [9.17, 15) is 4.79 Å². The highest BCUT2D eigenvalue weighted by atomic mass is 16.1. The van der Waals surface area contributed by atoms with E-state index in [1.165, 1.54) is 0 Å². The molecule has 20 heavy (non-hydrogen) atoms. The number of primary amides is 1. The maximum atomic E-state index is 12.2. The summed E-state index contributed by atoms with van der Waals surface area (Å²) in [4.78, 5) is 16.6. The molecular formula is C15H24N4O. The fraction of sp³-hybridized carbons (Fsp3) is 0.733. The molecule has 0 aliphatic heterocycles. The zero-order valence-corrected chi connectivity index (χ0v) is 12.3. The van der Waals surface area contributed by atoms with Crippen molar-refractivity contribution in [3.63, 3.8) is 0 Å². The summed E-state index contributed by atoms with van der Waals surface area (Å²) in [7, 11) is 0. The maximum absolute atomic E-state index is 12.2. The molecule has 1 heterocycles. The highest BCUT2D eigenvalue weighted by molar-refractivity contribution is 5.85.